The maximum absolute atomic E-state index is 13.0. The van der Waals surface area contributed by atoms with Crippen molar-refractivity contribution in [2.75, 3.05) is 13.2 Å². The van der Waals surface area contributed by atoms with E-state index < -0.39 is 5.69 Å². The predicted octanol–water partition coefficient (Wildman–Crippen LogP) is 0.970. The Bertz CT molecular complexity index is 903. The van der Waals surface area contributed by atoms with Gasteiger partial charge in [0.25, 0.3) is 5.91 Å². The lowest BCUT2D eigenvalue weighted by atomic mass is 10.2. The molecule has 0 fully saturated rings. The lowest BCUT2D eigenvalue weighted by Gasteiger charge is -2.08. The van der Waals surface area contributed by atoms with Crippen LogP contribution in [-0.4, -0.2) is 33.7 Å². The molecule has 0 aliphatic carbocycles. The standard InChI is InChI=1S/C15H13FN4O3/c16-10-3-1-4-11(9-10)23-8-6-17-14(21)12-5-2-7-20-13(12)18-19-15(20)22/h1-5,7,9H,6,8H2,(H,17,21)(H,19,22). The summed E-state index contributed by atoms with van der Waals surface area (Å²) in [7, 11) is 0. The molecule has 2 heterocycles. The highest BCUT2D eigenvalue weighted by Gasteiger charge is 2.12. The Morgan fingerprint density at radius 3 is 3.04 bits per heavy atom. The van der Waals surface area contributed by atoms with Crippen LogP contribution in [0.5, 0.6) is 5.75 Å². The van der Waals surface area contributed by atoms with E-state index >= 15 is 0 Å². The van der Waals surface area contributed by atoms with Gasteiger partial charge in [-0.2, -0.15) is 5.10 Å². The summed E-state index contributed by atoms with van der Waals surface area (Å²) in [5.74, 6) is -0.375. The largest absolute Gasteiger partial charge is 0.492 e. The van der Waals surface area contributed by atoms with Crippen LogP contribution in [0.4, 0.5) is 4.39 Å². The molecule has 0 bridgehead atoms. The fourth-order valence-electron chi connectivity index (χ4n) is 2.10. The van der Waals surface area contributed by atoms with Crippen LogP contribution in [0.15, 0.2) is 47.4 Å². The van der Waals surface area contributed by atoms with Crippen LogP contribution in [0.3, 0.4) is 0 Å². The molecule has 8 heteroatoms. The first-order valence-corrected chi connectivity index (χ1v) is 6.87. The molecule has 0 aliphatic rings. The van der Waals surface area contributed by atoms with Crippen molar-refractivity contribution in [1.29, 1.82) is 0 Å². The Labute approximate surface area is 129 Å². The summed E-state index contributed by atoms with van der Waals surface area (Å²) in [6.07, 6.45) is 1.52. The van der Waals surface area contributed by atoms with E-state index in [2.05, 4.69) is 15.5 Å². The minimum atomic E-state index is -0.413. The first kappa shape index (κ1) is 14.8. The van der Waals surface area contributed by atoms with E-state index in [4.69, 9.17) is 4.74 Å². The van der Waals surface area contributed by atoms with Gasteiger partial charge in [0, 0.05) is 12.3 Å². The molecule has 0 saturated carbocycles. The number of fused-ring (bicyclic) bond motifs is 1. The Kier molecular flexibility index (Phi) is 4.05. The number of aromatic nitrogens is 3. The molecule has 0 atom stereocenters. The van der Waals surface area contributed by atoms with E-state index in [0.29, 0.717) is 5.75 Å². The topological polar surface area (TPSA) is 88.5 Å². The highest BCUT2D eigenvalue weighted by molar-refractivity contribution is 5.99. The van der Waals surface area contributed by atoms with Crippen LogP contribution in [0.1, 0.15) is 10.4 Å². The van der Waals surface area contributed by atoms with Gasteiger partial charge in [-0.05, 0) is 24.3 Å². The average Bonchev–Trinajstić information content (AvgIpc) is 2.93. The molecule has 0 radical (unpaired) electrons. The zero-order valence-corrected chi connectivity index (χ0v) is 12.0. The van der Waals surface area contributed by atoms with Crippen molar-refractivity contribution in [3.05, 3.63) is 64.5 Å². The van der Waals surface area contributed by atoms with E-state index in [1.165, 1.54) is 22.7 Å². The molecule has 0 saturated heterocycles. The minimum absolute atomic E-state index is 0.186. The molecule has 0 unspecified atom stereocenters. The number of rotatable bonds is 5. The summed E-state index contributed by atoms with van der Waals surface area (Å²) in [5.41, 5.74) is 0.113. The Balaban J connectivity index is 1.60. The molecule has 3 aromatic rings. The molecule has 2 aromatic heterocycles. The van der Waals surface area contributed by atoms with Crippen LogP contribution in [-0.2, 0) is 0 Å². The molecular formula is C15H13FN4O3. The van der Waals surface area contributed by atoms with Crippen molar-refractivity contribution in [2.45, 2.75) is 0 Å². The monoisotopic (exact) mass is 316 g/mol. The number of nitrogens with zero attached hydrogens (tertiary/aromatic N) is 2. The number of aromatic amines is 1. The first-order valence-electron chi connectivity index (χ1n) is 6.87. The first-order chi connectivity index (χ1) is 11.1. The molecule has 0 spiro atoms. The summed E-state index contributed by atoms with van der Waals surface area (Å²) in [5, 5.41) is 8.76. The number of benzene rings is 1. The van der Waals surface area contributed by atoms with Crippen molar-refractivity contribution in [1.82, 2.24) is 19.9 Å². The van der Waals surface area contributed by atoms with Gasteiger partial charge < -0.3 is 10.1 Å². The zero-order valence-electron chi connectivity index (χ0n) is 12.0. The molecular weight excluding hydrogens is 303 g/mol. The van der Waals surface area contributed by atoms with Gasteiger partial charge >= 0.3 is 5.69 Å². The van der Waals surface area contributed by atoms with E-state index in [0.717, 1.165) is 0 Å². The van der Waals surface area contributed by atoms with Gasteiger partial charge in [0.1, 0.15) is 18.2 Å². The quantitative estimate of drug-likeness (QED) is 0.687. The number of hydrogen-bond donors (Lipinski definition) is 2. The number of H-pyrrole nitrogens is 1. The lowest BCUT2D eigenvalue weighted by molar-refractivity contribution is 0.0948. The number of carbonyl (C=O) groups excluding carboxylic acids is 1. The Morgan fingerprint density at radius 2 is 2.22 bits per heavy atom. The highest BCUT2D eigenvalue weighted by Crippen LogP contribution is 2.11. The molecule has 3 rings (SSSR count). The van der Waals surface area contributed by atoms with Crippen molar-refractivity contribution >= 4 is 11.6 Å². The SMILES string of the molecule is O=C(NCCOc1cccc(F)c1)c1cccn2c(=O)[nH]nc12. The summed E-state index contributed by atoms with van der Waals surface area (Å²) in [4.78, 5) is 23.6. The highest BCUT2D eigenvalue weighted by atomic mass is 19.1. The molecule has 1 amide bonds. The number of amides is 1. The van der Waals surface area contributed by atoms with Crippen molar-refractivity contribution in [3.8, 4) is 5.75 Å². The van der Waals surface area contributed by atoms with Crippen LogP contribution in [0.25, 0.3) is 5.65 Å². The molecule has 1 aromatic carbocycles. The van der Waals surface area contributed by atoms with E-state index in [1.54, 1.807) is 24.3 Å². The van der Waals surface area contributed by atoms with Crippen LogP contribution >= 0.6 is 0 Å². The number of carbonyl (C=O) groups is 1. The summed E-state index contributed by atoms with van der Waals surface area (Å²) in [6.45, 7) is 0.413. The van der Waals surface area contributed by atoms with Gasteiger partial charge in [-0.3, -0.25) is 4.79 Å². The average molecular weight is 316 g/mol. The van der Waals surface area contributed by atoms with Gasteiger partial charge in [-0.1, -0.05) is 6.07 Å². The number of nitrogens with one attached hydrogen (secondary N) is 2. The molecule has 118 valence electrons. The van der Waals surface area contributed by atoms with Crippen LogP contribution in [0, 0.1) is 5.82 Å². The Morgan fingerprint density at radius 1 is 1.35 bits per heavy atom. The number of pyridine rings is 1. The van der Waals surface area contributed by atoms with Gasteiger partial charge in [0.05, 0.1) is 12.1 Å². The Hall–Kier alpha value is -3.16. The van der Waals surface area contributed by atoms with Crippen LogP contribution in [0.2, 0.25) is 0 Å². The number of ether oxygens (including phenoxy) is 1. The maximum atomic E-state index is 13.0. The third-order valence-corrected chi connectivity index (χ3v) is 3.14. The summed E-state index contributed by atoms with van der Waals surface area (Å²) in [6, 6.07) is 8.90. The number of hydrogen-bond acceptors (Lipinski definition) is 4. The third kappa shape index (κ3) is 3.20. The van der Waals surface area contributed by atoms with Crippen molar-refractivity contribution in [3.63, 3.8) is 0 Å². The zero-order chi connectivity index (χ0) is 16.2. The smallest absolute Gasteiger partial charge is 0.347 e. The van der Waals surface area contributed by atoms with Crippen molar-refractivity contribution in [2.24, 2.45) is 0 Å². The fraction of sp³-hybridized carbons (Fsp3) is 0.133. The van der Waals surface area contributed by atoms with E-state index in [9.17, 15) is 14.0 Å². The second-order valence-corrected chi connectivity index (χ2v) is 4.71. The second-order valence-electron chi connectivity index (χ2n) is 4.71. The summed E-state index contributed by atoms with van der Waals surface area (Å²) < 4.78 is 19.6. The van der Waals surface area contributed by atoms with Crippen LogP contribution < -0.4 is 15.7 Å². The van der Waals surface area contributed by atoms with Gasteiger partial charge in [0.2, 0.25) is 0 Å². The number of halogens is 1. The maximum Gasteiger partial charge on any atom is 0.347 e. The lowest BCUT2D eigenvalue weighted by Crippen LogP contribution is -2.28. The fourth-order valence-corrected chi connectivity index (χ4v) is 2.10. The normalized spacial score (nSPS) is 10.7. The second kappa shape index (κ2) is 6.30. The van der Waals surface area contributed by atoms with Gasteiger partial charge in [0.15, 0.2) is 5.65 Å². The van der Waals surface area contributed by atoms with E-state index in [1.807, 2.05) is 0 Å². The molecule has 2 N–H and O–H groups in total. The molecule has 23 heavy (non-hydrogen) atoms. The molecule has 0 aliphatic heterocycles. The predicted molar refractivity (Wildman–Crippen MR) is 80.0 cm³/mol. The van der Waals surface area contributed by atoms with Gasteiger partial charge in [-0.25, -0.2) is 18.7 Å². The van der Waals surface area contributed by atoms with E-state index in [-0.39, 0.29) is 36.1 Å². The molecule has 7 nitrogen and oxygen atoms in total. The van der Waals surface area contributed by atoms with Crippen molar-refractivity contribution < 1.29 is 13.9 Å². The summed E-state index contributed by atoms with van der Waals surface area (Å²) >= 11 is 0. The van der Waals surface area contributed by atoms with Gasteiger partial charge in [-0.15, -0.1) is 0 Å². The third-order valence-electron chi connectivity index (χ3n) is 3.14. The minimum Gasteiger partial charge on any atom is -0.492 e.